The van der Waals surface area contributed by atoms with Crippen LogP contribution in [0.15, 0.2) is 53.4 Å². The summed E-state index contributed by atoms with van der Waals surface area (Å²) in [7, 11) is 0. The highest BCUT2D eigenvalue weighted by atomic mass is 32.2. The van der Waals surface area contributed by atoms with Crippen LogP contribution >= 0.6 is 11.8 Å². The standard InChI is InChI=1S/C16H18N2OS/c1-11-7-9-13(10-8-11)18-16(19)12(2)20-15-6-4-3-5-14(15)17/h3-10,12H,17H2,1-2H3,(H,18,19). The fourth-order valence-electron chi connectivity index (χ4n) is 1.71. The number of benzene rings is 2. The van der Waals surface area contributed by atoms with Crippen molar-refractivity contribution in [3.05, 3.63) is 54.1 Å². The number of nitrogens with two attached hydrogens (primary N) is 1. The van der Waals surface area contributed by atoms with Gasteiger partial charge in [-0.3, -0.25) is 4.79 Å². The Kier molecular flexibility index (Phi) is 4.69. The number of hydrogen-bond acceptors (Lipinski definition) is 3. The van der Waals surface area contributed by atoms with E-state index in [0.717, 1.165) is 10.6 Å². The van der Waals surface area contributed by atoms with Crippen LogP contribution in [0.1, 0.15) is 12.5 Å². The van der Waals surface area contributed by atoms with Crippen molar-refractivity contribution in [1.29, 1.82) is 0 Å². The zero-order chi connectivity index (χ0) is 14.5. The number of thioether (sulfide) groups is 1. The Bertz CT molecular complexity index is 596. The molecule has 3 N–H and O–H groups in total. The molecule has 1 unspecified atom stereocenters. The molecule has 2 aromatic carbocycles. The molecule has 1 atom stereocenters. The Morgan fingerprint density at radius 3 is 2.45 bits per heavy atom. The number of para-hydroxylation sites is 1. The van der Waals surface area contributed by atoms with E-state index < -0.39 is 0 Å². The van der Waals surface area contributed by atoms with Gasteiger partial charge in [0.1, 0.15) is 0 Å². The van der Waals surface area contributed by atoms with Gasteiger partial charge >= 0.3 is 0 Å². The highest BCUT2D eigenvalue weighted by Gasteiger charge is 2.15. The SMILES string of the molecule is Cc1ccc(NC(=O)C(C)Sc2ccccc2N)cc1. The molecule has 1 amide bonds. The molecule has 2 aromatic rings. The number of carbonyl (C=O) groups is 1. The summed E-state index contributed by atoms with van der Waals surface area (Å²) in [5.41, 5.74) is 8.57. The minimum Gasteiger partial charge on any atom is -0.398 e. The zero-order valence-corrected chi connectivity index (χ0v) is 12.4. The number of nitrogens with one attached hydrogen (secondary N) is 1. The quantitative estimate of drug-likeness (QED) is 0.665. The molecular formula is C16H18N2OS. The van der Waals surface area contributed by atoms with Crippen LogP contribution in [0, 0.1) is 6.92 Å². The second kappa shape index (κ2) is 6.48. The Hall–Kier alpha value is -1.94. The summed E-state index contributed by atoms with van der Waals surface area (Å²) in [5, 5.41) is 2.70. The monoisotopic (exact) mass is 286 g/mol. The summed E-state index contributed by atoms with van der Waals surface area (Å²) in [6, 6.07) is 15.3. The molecule has 3 nitrogen and oxygen atoms in total. The first kappa shape index (κ1) is 14.5. The molecular weight excluding hydrogens is 268 g/mol. The molecule has 4 heteroatoms. The average molecular weight is 286 g/mol. The number of amides is 1. The average Bonchev–Trinajstić information content (AvgIpc) is 2.44. The molecule has 0 bridgehead atoms. The van der Waals surface area contributed by atoms with Gasteiger partial charge in [0, 0.05) is 16.3 Å². The maximum atomic E-state index is 12.1. The Labute approximate surface area is 123 Å². The van der Waals surface area contributed by atoms with Crippen LogP contribution in [-0.2, 0) is 4.79 Å². The van der Waals surface area contributed by atoms with E-state index in [4.69, 9.17) is 5.73 Å². The van der Waals surface area contributed by atoms with Gasteiger partial charge in [-0.2, -0.15) is 0 Å². The first-order chi connectivity index (χ1) is 9.56. The van der Waals surface area contributed by atoms with Crippen molar-refractivity contribution < 1.29 is 4.79 Å². The molecule has 20 heavy (non-hydrogen) atoms. The van der Waals surface area contributed by atoms with Crippen molar-refractivity contribution in [2.24, 2.45) is 0 Å². The predicted molar refractivity (Wildman–Crippen MR) is 86.0 cm³/mol. The first-order valence-electron chi connectivity index (χ1n) is 6.45. The second-order valence-corrected chi connectivity index (χ2v) is 6.04. The minimum atomic E-state index is -0.207. The molecule has 0 aliphatic rings. The van der Waals surface area contributed by atoms with Gasteiger partial charge in [-0.25, -0.2) is 0 Å². The largest absolute Gasteiger partial charge is 0.398 e. The van der Waals surface area contributed by atoms with Crippen LogP contribution in [0.5, 0.6) is 0 Å². The van der Waals surface area contributed by atoms with Crippen LogP contribution in [0.25, 0.3) is 0 Å². The minimum absolute atomic E-state index is 0.0258. The molecule has 0 fully saturated rings. The van der Waals surface area contributed by atoms with E-state index in [0.29, 0.717) is 5.69 Å². The number of hydrogen-bond donors (Lipinski definition) is 2. The van der Waals surface area contributed by atoms with Gasteiger partial charge in [-0.1, -0.05) is 29.8 Å². The van der Waals surface area contributed by atoms with Gasteiger partial charge < -0.3 is 11.1 Å². The summed E-state index contributed by atoms with van der Waals surface area (Å²) in [6.07, 6.45) is 0. The topological polar surface area (TPSA) is 55.1 Å². The number of carbonyl (C=O) groups excluding carboxylic acids is 1. The van der Waals surface area contributed by atoms with Crippen molar-refractivity contribution in [3.8, 4) is 0 Å². The van der Waals surface area contributed by atoms with E-state index in [2.05, 4.69) is 5.32 Å². The van der Waals surface area contributed by atoms with Gasteiger partial charge in [0.2, 0.25) is 5.91 Å². The number of anilines is 2. The van der Waals surface area contributed by atoms with Gasteiger partial charge in [-0.15, -0.1) is 11.8 Å². The molecule has 0 saturated carbocycles. The summed E-state index contributed by atoms with van der Waals surface area (Å²) in [4.78, 5) is 13.1. The molecule has 0 heterocycles. The summed E-state index contributed by atoms with van der Waals surface area (Å²) >= 11 is 1.46. The van der Waals surface area contributed by atoms with Gasteiger partial charge in [0.05, 0.1) is 5.25 Å². The lowest BCUT2D eigenvalue weighted by Gasteiger charge is -2.13. The van der Waals surface area contributed by atoms with E-state index in [1.165, 1.54) is 17.3 Å². The Balaban J connectivity index is 1.99. The molecule has 104 valence electrons. The molecule has 0 aromatic heterocycles. The third-order valence-corrected chi connectivity index (χ3v) is 4.10. The smallest absolute Gasteiger partial charge is 0.237 e. The van der Waals surface area contributed by atoms with Crippen molar-refractivity contribution in [3.63, 3.8) is 0 Å². The van der Waals surface area contributed by atoms with Gasteiger partial charge in [-0.05, 0) is 38.1 Å². The number of nitrogen functional groups attached to an aromatic ring is 1. The normalized spacial score (nSPS) is 11.9. The molecule has 0 saturated heterocycles. The molecule has 2 rings (SSSR count). The highest BCUT2D eigenvalue weighted by Crippen LogP contribution is 2.28. The lowest BCUT2D eigenvalue weighted by Crippen LogP contribution is -2.22. The van der Waals surface area contributed by atoms with Crippen LogP contribution < -0.4 is 11.1 Å². The van der Waals surface area contributed by atoms with E-state index in [-0.39, 0.29) is 11.2 Å². The predicted octanol–water partition coefficient (Wildman–Crippen LogP) is 3.70. The van der Waals surface area contributed by atoms with Gasteiger partial charge in [0.25, 0.3) is 0 Å². The maximum absolute atomic E-state index is 12.1. The first-order valence-corrected chi connectivity index (χ1v) is 7.33. The maximum Gasteiger partial charge on any atom is 0.237 e. The number of aryl methyl sites for hydroxylation is 1. The Morgan fingerprint density at radius 2 is 1.80 bits per heavy atom. The third kappa shape index (κ3) is 3.78. The van der Waals surface area contributed by atoms with E-state index in [9.17, 15) is 4.79 Å². The summed E-state index contributed by atoms with van der Waals surface area (Å²) in [5.74, 6) is -0.0258. The lowest BCUT2D eigenvalue weighted by molar-refractivity contribution is -0.115. The molecule has 0 spiro atoms. The van der Waals surface area contributed by atoms with Gasteiger partial charge in [0.15, 0.2) is 0 Å². The summed E-state index contributed by atoms with van der Waals surface area (Å²) in [6.45, 7) is 3.89. The van der Waals surface area contributed by atoms with Crippen LogP contribution in [0.4, 0.5) is 11.4 Å². The van der Waals surface area contributed by atoms with Crippen LogP contribution in [0.2, 0.25) is 0 Å². The van der Waals surface area contributed by atoms with Crippen molar-refractivity contribution in [2.75, 3.05) is 11.1 Å². The van der Waals surface area contributed by atoms with Crippen molar-refractivity contribution in [1.82, 2.24) is 0 Å². The fraction of sp³-hybridized carbons (Fsp3) is 0.188. The van der Waals surface area contributed by atoms with E-state index >= 15 is 0 Å². The molecule has 0 radical (unpaired) electrons. The zero-order valence-electron chi connectivity index (χ0n) is 11.6. The lowest BCUT2D eigenvalue weighted by atomic mass is 10.2. The Morgan fingerprint density at radius 1 is 1.15 bits per heavy atom. The third-order valence-electron chi connectivity index (χ3n) is 2.91. The molecule has 0 aliphatic heterocycles. The number of rotatable bonds is 4. The van der Waals surface area contributed by atoms with Crippen LogP contribution in [-0.4, -0.2) is 11.2 Å². The highest BCUT2D eigenvalue weighted by molar-refractivity contribution is 8.00. The van der Waals surface area contributed by atoms with E-state index in [1.54, 1.807) is 0 Å². The van der Waals surface area contributed by atoms with Crippen molar-refractivity contribution >= 4 is 29.0 Å². The molecule has 0 aliphatic carbocycles. The van der Waals surface area contributed by atoms with E-state index in [1.807, 2.05) is 62.4 Å². The van der Waals surface area contributed by atoms with Crippen molar-refractivity contribution in [2.45, 2.75) is 24.0 Å². The van der Waals surface area contributed by atoms with Crippen LogP contribution in [0.3, 0.4) is 0 Å². The second-order valence-electron chi connectivity index (χ2n) is 4.65. The fourth-order valence-corrected chi connectivity index (χ4v) is 2.62. The summed E-state index contributed by atoms with van der Waals surface area (Å²) < 4.78 is 0.